The van der Waals surface area contributed by atoms with Crippen LogP contribution in [0.2, 0.25) is 0 Å². The van der Waals surface area contributed by atoms with Crippen molar-refractivity contribution in [1.82, 2.24) is 19.9 Å². The lowest BCUT2D eigenvalue weighted by Crippen LogP contribution is -2.31. The molecule has 1 amide bonds. The van der Waals surface area contributed by atoms with Crippen molar-refractivity contribution in [2.75, 3.05) is 7.11 Å². The highest BCUT2D eigenvalue weighted by molar-refractivity contribution is 7.98. The summed E-state index contributed by atoms with van der Waals surface area (Å²) < 4.78 is 7.17. The number of thioether (sulfide) groups is 1. The molecule has 2 aromatic heterocycles. The van der Waals surface area contributed by atoms with Gasteiger partial charge in [-0.25, -0.2) is 9.97 Å². The van der Waals surface area contributed by atoms with Crippen molar-refractivity contribution in [2.24, 2.45) is 7.05 Å². The van der Waals surface area contributed by atoms with Crippen LogP contribution in [0.1, 0.15) is 38.5 Å². The molecule has 1 atom stereocenters. The number of imidazole rings is 1. The minimum atomic E-state index is -0.379. The highest BCUT2D eigenvalue weighted by Crippen LogP contribution is 2.26. The first-order valence-electron chi connectivity index (χ1n) is 10.1. The van der Waals surface area contributed by atoms with Crippen LogP contribution in [0.15, 0.2) is 71.2 Å². The van der Waals surface area contributed by atoms with Crippen molar-refractivity contribution >= 4 is 29.0 Å². The Hall–Kier alpha value is -3.10. The van der Waals surface area contributed by atoms with Gasteiger partial charge in [-0.1, -0.05) is 12.1 Å². The molecule has 2 aromatic carbocycles. The zero-order valence-electron chi connectivity index (χ0n) is 18.1. The van der Waals surface area contributed by atoms with Gasteiger partial charge in [-0.3, -0.25) is 4.79 Å². The van der Waals surface area contributed by atoms with Crippen LogP contribution < -0.4 is 10.1 Å². The van der Waals surface area contributed by atoms with E-state index in [1.165, 1.54) is 0 Å². The summed E-state index contributed by atoms with van der Waals surface area (Å²) in [4.78, 5) is 23.1. The second-order valence-corrected chi connectivity index (χ2v) is 9.36. The van der Waals surface area contributed by atoms with Crippen LogP contribution in [0.3, 0.4) is 0 Å². The minimum absolute atomic E-state index is 0.152. The van der Waals surface area contributed by atoms with E-state index in [4.69, 9.17) is 4.74 Å². The SMILES string of the molecule is COc1ccc(C(NC(=O)c2ccc(SCc3csc(C)n3)cc2)c2nccn2C)cc1. The van der Waals surface area contributed by atoms with E-state index < -0.39 is 0 Å². The van der Waals surface area contributed by atoms with Gasteiger partial charge in [0.25, 0.3) is 5.91 Å². The minimum Gasteiger partial charge on any atom is -0.497 e. The molecule has 1 N–H and O–H groups in total. The Morgan fingerprint density at radius 1 is 1.19 bits per heavy atom. The zero-order valence-corrected chi connectivity index (χ0v) is 19.7. The first kappa shape index (κ1) is 22.1. The molecule has 6 nitrogen and oxygen atoms in total. The van der Waals surface area contributed by atoms with Gasteiger partial charge in [-0.05, 0) is 48.9 Å². The molecule has 0 saturated heterocycles. The molecule has 0 radical (unpaired) electrons. The second kappa shape index (κ2) is 10.0. The molecule has 4 rings (SSSR count). The molecule has 2 heterocycles. The van der Waals surface area contributed by atoms with Gasteiger partial charge in [0.15, 0.2) is 0 Å². The van der Waals surface area contributed by atoms with Gasteiger partial charge >= 0.3 is 0 Å². The first-order valence-corrected chi connectivity index (χ1v) is 12.0. The number of aryl methyl sites for hydroxylation is 2. The summed E-state index contributed by atoms with van der Waals surface area (Å²) in [6.45, 7) is 2.01. The van der Waals surface area contributed by atoms with Crippen LogP contribution in [-0.2, 0) is 12.8 Å². The van der Waals surface area contributed by atoms with Gasteiger partial charge in [0.1, 0.15) is 17.6 Å². The number of methoxy groups -OCH3 is 1. The summed E-state index contributed by atoms with van der Waals surface area (Å²) in [7, 11) is 3.55. The van der Waals surface area contributed by atoms with Crippen LogP contribution >= 0.6 is 23.1 Å². The molecule has 0 aliphatic heterocycles. The molecule has 0 aliphatic carbocycles. The number of nitrogens with one attached hydrogen (secondary N) is 1. The fraction of sp³-hybridized carbons (Fsp3) is 0.208. The number of benzene rings is 2. The van der Waals surface area contributed by atoms with E-state index in [-0.39, 0.29) is 11.9 Å². The van der Waals surface area contributed by atoms with Crippen LogP contribution in [0, 0.1) is 6.92 Å². The third kappa shape index (κ3) is 5.20. The maximum absolute atomic E-state index is 13.1. The maximum atomic E-state index is 13.1. The molecule has 164 valence electrons. The number of aromatic nitrogens is 3. The zero-order chi connectivity index (χ0) is 22.5. The van der Waals surface area contributed by atoms with Gasteiger partial charge in [0.2, 0.25) is 0 Å². The summed E-state index contributed by atoms with van der Waals surface area (Å²) in [6, 6.07) is 14.9. The summed E-state index contributed by atoms with van der Waals surface area (Å²) in [6.07, 6.45) is 3.60. The fourth-order valence-corrected chi connectivity index (χ4v) is 4.81. The summed E-state index contributed by atoms with van der Waals surface area (Å²) in [5.41, 5.74) is 2.61. The number of hydrogen-bond acceptors (Lipinski definition) is 6. The first-order chi connectivity index (χ1) is 15.5. The van der Waals surface area contributed by atoms with Crippen LogP contribution in [-0.4, -0.2) is 27.6 Å². The number of nitrogens with zero attached hydrogens (tertiary/aromatic N) is 3. The van der Waals surface area contributed by atoms with Crippen molar-refractivity contribution in [1.29, 1.82) is 0 Å². The van der Waals surface area contributed by atoms with Crippen molar-refractivity contribution in [3.05, 3.63) is 94.0 Å². The smallest absolute Gasteiger partial charge is 0.252 e. The molecular formula is C24H24N4O2S2. The predicted molar refractivity (Wildman–Crippen MR) is 128 cm³/mol. The van der Waals surface area contributed by atoms with Crippen molar-refractivity contribution < 1.29 is 9.53 Å². The van der Waals surface area contributed by atoms with Gasteiger partial charge in [-0.2, -0.15) is 0 Å². The Morgan fingerprint density at radius 3 is 2.53 bits per heavy atom. The quantitative estimate of drug-likeness (QED) is 0.372. The molecule has 0 fully saturated rings. The molecule has 32 heavy (non-hydrogen) atoms. The van der Waals surface area contributed by atoms with Crippen molar-refractivity contribution in [2.45, 2.75) is 23.6 Å². The molecule has 8 heteroatoms. The largest absolute Gasteiger partial charge is 0.497 e. The monoisotopic (exact) mass is 464 g/mol. The number of carbonyl (C=O) groups excluding carboxylic acids is 1. The van der Waals surface area contributed by atoms with E-state index in [1.54, 1.807) is 36.4 Å². The maximum Gasteiger partial charge on any atom is 0.252 e. The van der Waals surface area contributed by atoms with Crippen molar-refractivity contribution in [3.63, 3.8) is 0 Å². The molecule has 1 unspecified atom stereocenters. The van der Waals surface area contributed by atoms with Crippen molar-refractivity contribution in [3.8, 4) is 5.75 Å². The number of rotatable bonds is 8. The summed E-state index contributed by atoms with van der Waals surface area (Å²) in [5.74, 6) is 2.18. The lowest BCUT2D eigenvalue weighted by Gasteiger charge is -2.19. The third-order valence-corrected chi connectivity index (χ3v) is 6.88. The molecule has 0 aliphatic rings. The second-order valence-electron chi connectivity index (χ2n) is 7.25. The van der Waals surface area contributed by atoms with E-state index in [1.807, 2.05) is 73.3 Å². The van der Waals surface area contributed by atoms with Gasteiger partial charge in [-0.15, -0.1) is 23.1 Å². The molecular weight excluding hydrogens is 440 g/mol. The Kier molecular flexibility index (Phi) is 6.92. The lowest BCUT2D eigenvalue weighted by molar-refractivity contribution is 0.0941. The Morgan fingerprint density at radius 2 is 1.94 bits per heavy atom. The molecule has 0 bridgehead atoms. The van der Waals surface area contributed by atoms with Gasteiger partial charge in [0.05, 0.1) is 17.8 Å². The van der Waals surface area contributed by atoms with E-state index in [0.717, 1.165) is 38.5 Å². The van der Waals surface area contributed by atoms with E-state index in [9.17, 15) is 4.79 Å². The Labute approximate surface area is 195 Å². The Balaban J connectivity index is 1.48. The molecule has 4 aromatic rings. The third-order valence-electron chi connectivity index (χ3n) is 5.01. The number of hydrogen-bond donors (Lipinski definition) is 1. The molecule has 0 saturated carbocycles. The average Bonchev–Trinajstić information content (AvgIpc) is 3.44. The standard InChI is InChI=1S/C24H24N4O2S2/c1-16-26-19(14-31-16)15-32-21-10-6-18(7-11-21)24(29)27-22(23-25-12-13-28(23)2)17-4-8-20(30-3)9-5-17/h4-14,22H,15H2,1-3H3,(H,27,29). The molecule has 0 spiro atoms. The number of amides is 1. The lowest BCUT2D eigenvalue weighted by atomic mass is 10.0. The number of carbonyl (C=O) groups is 1. The van der Waals surface area contributed by atoms with Gasteiger partial charge < -0.3 is 14.6 Å². The average molecular weight is 465 g/mol. The highest BCUT2D eigenvalue weighted by Gasteiger charge is 2.21. The highest BCUT2D eigenvalue weighted by atomic mass is 32.2. The van der Waals surface area contributed by atoms with E-state index in [0.29, 0.717) is 5.56 Å². The Bertz CT molecular complexity index is 1180. The number of thiazole rings is 1. The topological polar surface area (TPSA) is 69.0 Å². The summed E-state index contributed by atoms with van der Waals surface area (Å²) >= 11 is 3.37. The number of ether oxygens (including phenoxy) is 1. The fourth-order valence-electron chi connectivity index (χ4n) is 3.30. The van der Waals surface area contributed by atoms with Gasteiger partial charge in [0, 0.05) is 41.0 Å². The van der Waals surface area contributed by atoms with E-state index in [2.05, 4.69) is 20.7 Å². The normalized spacial score (nSPS) is 11.8. The van der Waals surface area contributed by atoms with E-state index >= 15 is 0 Å². The van der Waals surface area contributed by atoms with Crippen LogP contribution in [0.25, 0.3) is 0 Å². The summed E-state index contributed by atoms with van der Waals surface area (Å²) in [5, 5.41) is 6.29. The van der Waals surface area contributed by atoms with Crippen LogP contribution in [0.4, 0.5) is 0 Å². The predicted octanol–water partition coefficient (Wildman–Crippen LogP) is 5.01. The van der Waals surface area contributed by atoms with Crippen LogP contribution in [0.5, 0.6) is 5.75 Å².